The third-order valence-corrected chi connectivity index (χ3v) is 3.77. The van der Waals surface area contributed by atoms with E-state index in [-0.39, 0.29) is 0 Å². The van der Waals surface area contributed by atoms with E-state index < -0.39 is 0 Å². The smallest absolute Gasteiger partial charge is 0.240 e. The summed E-state index contributed by atoms with van der Waals surface area (Å²) >= 11 is 1.98. The molecule has 1 unspecified atom stereocenters. The van der Waals surface area contributed by atoms with Gasteiger partial charge >= 0.3 is 0 Å². The molecule has 0 spiro atoms. The van der Waals surface area contributed by atoms with Gasteiger partial charge in [-0.2, -0.15) is 16.8 Å². The number of nitrogens with zero attached hydrogens (tertiary/aromatic N) is 2. The van der Waals surface area contributed by atoms with Gasteiger partial charge < -0.3 is 0 Å². The predicted molar refractivity (Wildman–Crippen MR) is 61.3 cm³/mol. The van der Waals surface area contributed by atoms with Gasteiger partial charge in [-0.05, 0) is 36.1 Å². The summed E-state index contributed by atoms with van der Waals surface area (Å²) in [6, 6.07) is 1.94. The first-order valence-corrected chi connectivity index (χ1v) is 6.16. The van der Waals surface area contributed by atoms with Gasteiger partial charge in [0.05, 0.1) is 11.9 Å². The van der Waals surface area contributed by atoms with E-state index in [1.165, 1.54) is 24.2 Å². The highest BCUT2D eigenvalue weighted by Gasteiger charge is 2.16. The van der Waals surface area contributed by atoms with Gasteiger partial charge in [-0.1, -0.05) is 0 Å². The van der Waals surface area contributed by atoms with E-state index in [1.54, 1.807) is 12.3 Å². The average Bonchev–Trinajstić information content (AvgIpc) is 2.31. The summed E-state index contributed by atoms with van der Waals surface area (Å²) in [5.74, 6) is 2.98. The minimum absolute atomic E-state index is 0.568. The van der Waals surface area contributed by atoms with Crippen molar-refractivity contribution in [3.8, 4) is 0 Å². The Morgan fingerprint density at radius 3 is 3.20 bits per heavy atom. The third-order valence-electron chi connectivity index (χ3n) is 2.55. The fraction of sp³-hybridized carbons (Fsp3) is 0.455. The number of hydrogen-bond donors (Lipinski definition) is 0. The Hall–Kier alpha value is -1.12. The molecule has 3 nitrogen and oxygen atoms in total. The van der Waals surface area contributed by atoms with Crippen LogP contribution in [0, 0.1) is 0 Å². The Morgan fingerprint density at radius 2 is 2.47 bits per heavy atom. The van der Waals surface area contributed by atoms with Crippen molar-refractivity contribution in [3.63, 3.8) is 0 Å². The first kappa shape index (κ1) is 10.4. The first-order chi connectivity index (χ1) is 7.40. The van der Waals surface area contributed by atoms with Gasteiger partial charge in [0.15, 0.2) is 0 Å². The Balaban J connectivity index is 2.19. The maximum atomic E-state index is 10.1. The van der Waals surface area contributed by atoms with Crippen molar-refractivity contribution in [3.05, 3.63) is 24.0 Å². The Morgan fingerprint density at radius 1 is 1.53 bits per heavy atom. The second kappa shape index (κ2) is 5.10. The number of thioether (sulfide) groups is 1. The molecule has 1 atom stereocenters. The summed E-state index contributed by atoms with van der Waals surface area (Å²) in [6.45, 7) is 0. The molecule has 1 aromatic heterocycles. The minimum Gasteiger partial charge on any atom is -0.262 e. The molecule has 15 heavy (non-hydrogen) atoms. The summed E-state index contributed by atoms with van der Waals surface area (Å²) < 4.78 is 0. The number of pyridine rings is 1. The van der Waals surface area contributed by atoms with Crippen molar-refractivity contribution >= 4 is 23.5 Å². The van der Waals surface area contributed by atoms with Crippen molar-refractivity contribution < 1.29 is 4.79 Å². The lowest BCUT2D eigenvalue weighted by Crippen LogP contribution is -2.08. The van der Waals surface area contributed by atoms with E-state index in [0.717, 1.165) is 5.75 Å². The number of aromatic nitrogens is 1. The molecule has 0 saturated carbocycles. The number of isocyanates is 1. The van der Waals surface area contributed by atoms with Crippen molar-refractivity contribution in [2.24, 2.45) is 4.99 Å². The van der Waals surface area contributed by atoms with Crippen LogP contribution in [0.25, 0.3) is 0 Å². The van der Waals surface area contributed by atoms with Crippen molar-refractivity contribution in [2.45, 2.75) is 18.8 Å². The zero-order valence-electron chi connectivity index (χ0n) is 8.35. The van der Waals surface area contributed by atoms with Crippen LogP contribution in [-0.2, 0) is 4.79 Å². The number of hydrogen-bond acceptors (Lipinski definition) is 4. The largest absolute Gasteiger partial charge is 0.262 e. The molecule has 78 valence electrons. The molecule has 1 aliphatic rings. The lowest BCUT2D eigenvalue weighted by molar-refractivity contribution is 0.565. The highest BCUT2D eigenvalue weighted by molar-refractivity contribution is 7.99. The van der Waals surface area contributed by atoms with Crippen LogP contribution in [0.4, 0.5) is 5.69 Å². The molecule has 0 aliphatic carbocycles. The SMILES string of the molecule is O=C=Nc1cncc(C2CCCSC2)c1. The Bertz CT molecular complexity index is 382. The van der Waals surface area contributed by atoms with Crippen molar-refractivity contribution in [1.82, 2.24) is 4.98 Å². The van der Waals surface area contributed by atoms with Gasteiger partial charge in [-0.15, -0.1) is 0 Å². The fourth-order valence-corrected chi connectivity index (χ4v) is 2.97. The number of aliphatic imine (C=N–C) groups is 1. The van der Waals surface area contributed by atoms with E-state index in [9.17, 15) is 4.79 Å². The molecule has 0 bridgehead atoms. The minimum atomic E-state index is 0.568. The second-order valence-corrected chi connectivity index (χ2v) is 4.74. The third kappa shape index (κ3) is 2.67. The summed E-state index contributed by atoms with van der Waals surface area (Å²) in [4.78, 5) is 17.8. The molecule has 1 aliphatic heterocycles. The van der Waals surface area contributed by atoms with Gasteiger partial charge in [0.1, 0.15) is 0 Å². The average molecular weight is 220 g/mol. The zero-order valence-corrected chi connectivity index (χ0v) is 9.17. The van der Waals surface area contributed by atoms with Crippen molar-refractivity contribution in [2.75, 3.05) is 11.5 Å². The lowest BCUT2D eigenvalue weighted by Gasteiger charge is -2.21. The molecule has 0 amide bonds. The van der Waals surface area contributed by atoms with Crippen molar-refractivity contribution in [1.29, 1.82) is 0 Å². The summed E-state index contributed by atoms with van der Waals surface area (Å²) in [7, 11) is 0. The van der Waals surface area contributed by atoms with Gasteiger partial charge in [-0.25, -0.2) is 4.79 Å². The number of carbonyl (C=O) groups excluding carboxylic acids is 1. The van der Waals surface area contributed by atoms with Crippen LogP contribution < -0.4 is 0 Å². The molecule has 1 aromatic rings. The van der Waals surface area contributed by atoms with Gasteiger partial charge in [0, 0.05) is 11.9 Å². The quantitative estimate of drug-likeness (QED) is 0.568. The van der Waals surface area contributed by atoms with Crippen LogP contribution in [0.1, 0.15) is 24.3 Å². The van der Waals surface area contributed by atoms with E-state index >= 15 is 0 Å². The molecule has 0 aromatic carbocycles. The van der Waals surface area contributed by atoms with E-state index in [4.69, 9.17) is 0 Å². The van der Waals surface area contributed by atoms with E-state index in [1.807, 2.05) is 24.0 Å². The van der Waals surface area contributed by atoms with Gasteiger partial charge in [0.2, 0.25) is 6.08 Å². The summed E-state index contributed by atoms with van der Waals surface area (Å²) in [5.41, 5.74) is 1.80. The summed E-state index contributed by atoms with van der Waals surface area (Å²) in [6.07, 6.45) is 7.48. The maximum Gasteiger partial charge on any atom is 0.240 e. The lowest BCUT2D eigenvalue weighted by atomic mass is 9.97. The highest BCUT2D eigenvalue weighted by atomic mass is 32.2. The molecule has 4 heteroatoms. The maximum absolute atomic E-state index is 10.1. The van der Waals surface area contributed by atoms with Crippen LogP contribution in [0.2, 0.25) is 0 Å². The standard InChI is InChI=1S/C11H12N2OS/c14-8-13-11-4-10(5-12-6-11)9-2-1-3-15-7-9/h4-6,9H,1-3,7H2. The van der Waals surface area contributed by atoms with Crippen LogP contribution in [0.3, 0.4) is 0 Å². The molecule has 2 rings (SSSR count). The van der Waals surface area contributed by atoms with Gasteiger partial charge in [0.25, 0.3) is 0 Å². The van der Waals surface area contributed by atoms with Gasteiger partial charge in [-0.3, -0.25) is 4.98 Å². The molecular weight excluding hydrogens is 208 g/mol. The molecule has 0 N–H and O–H groups in total. The number of rotatable bonds is 2. The fourth-order valence-electron chi connectivity index (χ4n) is 1.79. The molecular formula is C11H12N2OS. The van der Waals surface area contributed by atoms with Crippen LogP contribution in [-0.4, -0.2) is 22.6 Å². The van der Waals surface area contributed by atoms with Crippen LogP contribution in [0.15, 0.2) is 23.5 Å². The highest BCUT2D eigenvalue weighted by Crippen LogP contribution is 2.31. The molecule has 1 fully saturated rings. The zero-order chi connectivity index (χ0) is 10.5. The molecule has 2 heterocycles. The van der Waals surface area contributed by atoms with Crippen LogP contribution >= 0.6 is 11.8 Å². The molecule has 1 saturated heterocycles. The van der Waals surface area contributed by atoms with E-state index in [0.29, 0.717) is 11.6 Å². The normalized spacial score (nSPS) is 20.7. The Labute approximate surface area is 93.0 Å². The predicted octanol–water partition coefficient (Wildman–Crippen LogP) is 2.66. The first-order valence-electron chi connectivity index (χ1n) is 5.00. The second-order valence-electron chi connectivity index (χ2n) is 3.59. The molecule has 0 radical (unpaired) electrons. The monoisotopic (exact) mass is 220 g/mol. The van der Waals surface area contributed by atoms with E-state index in [2.05, 4.69) is 9.98 Å². The topological polar surface area (TPSA) is 42.3 Å². The summed E-state index contributed by atoms with van der Waals surface area (Å²) in [5, 5.41) is 0. The van der Waals surface area contributed by atoms with Crippen LogP contribution in [0.5, 0.6) is 0 Å². The Kier molecular flexibility index (Phi) is 3.54.